The maximum absolute atomic E-state index is 12.6. The molecule has 0 aliphatic heterocycles. The van der Waals surface area contributed by atoms with Gasteiger partial charge in [0.2, 0.25) is 0 Å². The molecule has 33 heavy (non-hydrogen) atoms. The maximum atomic E-state index is 12.6. The summed E-state index contributed by atoms with van der Waals surface area (Å²) in [5, 5.41) is 5.50. The van der Waals surface area contributed by atoms with E-state index in [-0.39, 0.29) is 11.1 Å². The Kier molecular flexibility index (Phi) is 6.70. The predicted molar refractivity (Wildman–Crippen MR) is 128 cm³/mol. The Morgan fingerprint density at radius 1 is 0.970 bits per heavy atom. The van der Waals surface area contributed by atoms with Crippen LogP contribution in [0.15, 0.2) is 88.7 Å². The van der Waals surface area contributed by atoms with E-state index in [1.165, 1.54) is 29.3 Å². The van der Waals surface area contributed by atoms with Gasteiger partial charge in [-0.2, -0.15) is 0 Å². The van der Waals surface area contributed by atoms with Gasteiger partial charge in [0.05, 0.1) is 29.7 Å². The third kappa shape index (κ3) is 5.21. The average Bonchev–Trinajstić information content (AvgIpc) is 2.83. The fraction of sp³-hybridized carbons (Fsp3) is 0.0833. The normalized spacial score (nSPS) is 10.6. The number of urea groups is 1. The van der Waals surface area contributed by atoms with Crippen LogP contribution in [-0.4, -0.2) is 28.5 Å². The number of pyridine rings is 1. The number of ether oxygens (including phenoxy) is 1. The van der Waals surface area contributed by atoms with Crippen molar-refractivity contribution in [3.8, 4) is 0 Å². The Balaban J connectivity index is 1.48. The van der Waals surface area contributed by atoms with Crippen molar-refractivity contribution in [1.82, 2.24) is 9.38 Å². The van der Waals surface area contributed by atoms with Gasteiger partial charge < -0.3 is 15.4 Å². The molecule has 166 valence electrons. The quantitative estimate of drug-likeness (QED) is 0.326. The summed E-state index contributed by atoms with van der Waals surface area (Å²) in [5.74, 6) is -0.0906. The van der Waals surface area contributed by atoms with Crippen LogP contribution in [0.1, 0.15) is 16.1 Å². The zero-order chi connectivity index (χ0) is 23.2. The van der Waals surface area contributed by atoms with E-state index in [1.807, 2.05) is 24.3 Å². The van der Waals surface area contributed by atoms with Crippen LogP contribution in [0.5, 0.6) is 0 Å². The van der Waals surface area contributed by atoms with Gasteiger partial charge in [0.15, 0.2) is 0 Å². The van der Waals surface area contributed by atoms with Crippen molar-refractivity contribution in [2.75, 3.05) is 17.7 Å². The van der Waals surface area contributed by atoms with Gasteiger partial charge >= 0.3 is 12.0 Å². The molecule has 2 aromatic heterocycles. The SMILES string of the molecule is COC(=O)c1ccccc1NC(=O)Nc1ccccc1SCc1cc(=O)n2ccccc2n1. The lowest BCUT2D eigenvalue weighted by atomic mass is 10.2. The molecular weight excluding hydrogens is 440 g/mol. The van der Waals surface area contributed by atoms with Crippen LogP contribution in [-0.2, 0) is 10.5 Å². The molecular formula is C24H20N4O4S. The molecule has 0 fully saturated rings. The fourth-order valence-electron chi connectivity index (χ4n) is 3.18. The van der Waals surface area contributed by atoms with Crippen LogP contribution in [0.25, 0.3) is 5.65 Å². The molecule has 8 nitrogen and oxygen atoms in total. The Morgan fingerprint density at radius 3 is 2.48 bits per heavy atom. The lowest BCUT2D eigenvalue weighted by Gasteiger charge is -2.13. The zero-order valence-corrected chi connectivity index (χ0v) is 18.5. The second kappa shape index (κ2) is 10.0. The molecule has 0 spiro atoms. The van der Waals surface area contributed by atoms with E-state index in [0.29, 0.717) is 28.5 Å². The van der Waals surface area contributed by atoms with Crippen LogP contribution >= 0.6 is 11.8 Å². The molecule has 0 atom stereocenters. The molecule has 0 aliphatic rings. The fourth-order valence-corrected chi connectivity index (χ4v) is 4.08. The molecule has 2 aromatic carbocycles. The van der Waals surface area contributed by atoms with Crippen molar-refractivity contribution in [2.45, 2.75) is 10.6 Å². The number of methoxy groups -OCH3 is 1. The van der Waals surface area contributed by atoms with Crippen molar-refractivity contribution in [1.29, 1.82) is 0 Å². The predicted octanol–water partition coefficient (Wildman–Crippen LogP) is 4.42. The highest BCUT2D eigenvalue weighted by Crippen LogP contribution is 2.29. The second-order valence-corrected chi connectivity index (χ2v) is 7.93. The minimum absolute atomic E-state index is 0.147. The number of nitrogens with one attached hydrogen (secondary N) is 2. The smallest absolute Gasteiger partial charge is 0.339 e. The molecule has 4 rings (SSSR count). The standard InChI is InChI=1S/C24H20N4O4S/c1-32-23(30)17-8-2-3-9-18(17)26-24(31)27-19-10-4-5-11-20(19)33-15-16-14-22(29)28-13-7-6-12-21(28)25-16/h2-14H,15H2,1H3,(H2,26,27,31). The highest BCUT2D eigenvalue weighted by molar-refractivity contribution is 7.98. The van der Waals surface area contributed by atoms with E-state index in [9.17, 15) is 14.4 Å². The summed E-state index contributed by atoms with van der Waals surface area (Å²) < 4.78 is 6.25. The van der Waals surface area contributed by atoms with E-state index in [2.05, 4.69) is 15.6 Å². The summed E-state index contributed by atoms with van der Waals surface area (Å²) in [6.45, 7) is 0. The van der Waals surface area contributed by atoms with Crippen molar-refractivity contribution in [2.24, 2.45) is 0 Å². The Morgan fingerprint density at radius 2 is 1.67 bits per heavy atom. The number of carbonyl (C=O) groups is 2. The lowest BCUT2D eigenvalue weighted by molar-refractivity contribution is 0.0602. The van der Waals surface area contributed by atoms with Crippen LogP contribution < -0.4 is 16.2 Å². The third-order valence-corrected chi connectivity index (χ3v) is 5.82. The Labute approximate surface area is 193 Å². The van der Waals surface area contributed by atoms with Gasteiger partial charge in [0, 0.05) is 22.9 Å². The van der Waals surface area contributed by atoms with E-state index in [4.69, 9.17) is 4.74 Å². The van der Waals surface area contributed by atoms with E-state index < -0.39 is 12.0 Å². The van der Waals surface area contributed by atoms with Crippen molar-refractivity contribution < 1.29 is 14.3 Å². The lowest BCUT2D eigenvalue weighted by Crippen LogP contribution is -2.21. The Bertz CT molecular complexity index is 1390. The number of fused-ring (bicyclic) bond motifs is 1. The van der Waals surface area contributed by atoms with Crippen LogP contribution in [0.3, 0.4) is 0 Å². The highest BCUT2D eigenvalue weighted by Gasteiger charge is 2.14. The molecule has 0 aliphatic carbocycles. The monoisotopic (exact) mass is 460 g/mol. The number of amides is 2. The number of para-hydroxylation sites is 2. The summed E-state index contributed by atoms with van der Waals surface area (Å²) in [5.41, 5.74) is 2.26. The van der Waals surface area contributed by atoms with Crippen molar-refractivity contribution in [3.63, 3.8) is 0 Å². The molecule has 0 radical (unpaired) electrons. The topological polar surface area (TPSA) is 102 Å². The van der Waals surface area contributed by atoms with E-state index >= 15 is 0 Å². The number of nitrogens with zero attached hydrogens (tertiary/aromatic N) is 2. The first kappa shape index (κ1) is 22.1. The average molecular weight is 461 g/mol. The number of benzene rings is 2. The minimum atomic E-state index is -0.541. The second-order valence-electron chi connectivity index (χ2n) is 6.92. The summed E-state index contributed by atoms with van der Waals surface area (Å²) in [7, 11) is 1.28. The number of thioether (sulfide) groups is 1. The van der Waals surface area contributed by atoms with Crippen LogP contribution in [0.2, 0.25) is 0 Å². The van der Waals surface area contributed by atoms with Crippen LogP contribution in [0, 0.1) is 0 Å². The molecule has 0 saturated carbocycles. The first-order chi connectivity index (χ1) is 16.0. The molecule has 0 bridgehead atoms. The number of rotatable bonds is 6. The van der Waals surface area contributed by atoms with E-state index in [1.54, 1.807) is 48.7 Å². The molecule has 9 heteroatoms. The van der Waals surface area contributed by atoms with Gasteiger partial charge in [-0.3, -0.25) is 9.20 Å². The minimum Gasteiger partial charge on any atom is -0.465 e. The highest BCUT2D eigenvalue weighted by atomic mass is 32.2. The maximum Gasteiger partial charge on any atom is 0.339 e. The first-order valence-corrected chi connectivity index (χ1v) is 11.0. The van der Waals surface area contributed by atoms with Crippen molar-refractivity contribution >= 4 is 40.8 Å². The molecule has 2 heterocycles. The third-order valence-electron chi connectivity index (χ3n) is 4.72. The number of aromatic nitrogens is 2. The first-order valence-electron chi connectivity index (χ1n) is 9.99. The van der Waals surface area contributed by atoms with Crippen molar-refractivity contribution in [3.05, 3.63) is 101 Å². The number of carbonyl (C=O) groups excluding carboxylic acids is 2. The molecule has 2 N–H and O–H groups in total. The van der Waals surface area contributed by atoms with Gasteiger partial charge in [0.25, 0.3) is 5.56 Å². The summed E-state index contributed by atoms with van der Waals surface area (Å²) in [6.07, 6.45) is 1.68. The summed E-state index contributed by atoms with van der Waals surface area (Å²) >= 11 is 1.45. The van der Waals surface area contributed by atoms with Gasteiger partial charge in [-0.15, -0.1) is 11.8 Å². The Hall–Kier alpha value is -4.11. The molecule has 0 saturated heterocycles. The van der Waals surface area contributed by atoms with Gasteiger partial charge in [-0.25, -0.2) is 14.6 Å². The number of anilines is 2. The van der Waals surface area contributed by atoms with Crippen LogP contribution in [0.4, 0.5) is 16.2 Å². The van der Waals surface area contributed by atoms with Gasteiger partial charge in [-0.05, 0) is 36.4 Å². The number of esters is 1. The van der Waals surface area contributed by atoms with Gasteiger partial charge in [-0.1, -0.05) is 30.3 Å². The molecule has 0 unspecified atom stereocenters. The number of hydrogen-bond acceptors (Lipinski definition) is 6. The van der Waals surface area contributed by atoms with E-state index in [0.717, 1.165) is 4.90 Å². The summed E-state index contributed by atoms with van der Waals surface area (Å²) in [6, 6.07) is 20.3. The molecule has 2 amide bonds. The summed E-state index contributed by atoms with van der Waals surface area (Å²) in [4.78, 5) is 42.2. The largest absolute Gasteiger partial charge is 0.465 e. The zero-order valence-electron chi connectivity index (χ0n) is 17.6. The number of hydrogen-bond donors (Lipinski definition) is 2. The molecule has 4 aromatic rings. The van der Waals surface area contributed by atoms with Gasteiger partial charge in [0.1, 0.15) is 5.65 Å².